The lowest BCUT2D eigenvalue weighted by molar-refractivity contribution is 0.315. The van der Waals surface area contributed by atoms with Crippen molar-refractivity contribution in [1.29, 1.82) is 0 Å². The molecule has 1 atom stereocenters. The second-order valence-corrected chi connectivity index (χ2v) is 6.71. The average Bonchev–Trinajstić information content (AvgIpc) is 2.42. The molecule has 1 rings (SSSR count). The van der Waals surface area contributed by atoms with Crippen LogP contribution in [0.5, 0.6) is 0 Å². The fraction of sp³-hybridized carbons (Fsp3) is 0.462. The van der Waals surface area contributed by atoms with Crippen molar-refractivity contribution in [3.05, 3.63) is 29.8 Å². The van der Waals surface area contributed by atoms with E-state index in [2.05, 4.69) is 10.5 Å². The second-order valence-electron chi connectivity index (χ2n) is 4.70. The van der Waals surface area contributed by atoms with Crippen molar-refractivity contribution >= 4 is 15.7 Å². The molecule has 0 aromatic heterocycles. The summed E-state index contributed by atoms with van der Waals surface area (Å²) in [4.78, 5) is 0.310. The second kappa shape index (κ2) is 7.25. The van der Waals surface area contributed by atoms with Gasteiger partial charge in [0.1, 0.15) is 5.84 Å². The zero-order valence-electron chi connectivity index (χ0n) is 11.7. The highest BCUT2D eigenvalue weighted by molar-refractivity contribution is 7.90. The van der Waals surface area contributed by atoms with E-state index >= 15 is 0 Å². The minimum atomic E-state index is -3.16. The summed E-state index contributed by atoms with van der Waals surface area (Å²) in [6, 6.07) is 6.85. The monoisotopic (exact) mass is 299 g/mol. The van der Waals surface area contributed by atoms with Crippen molar-refractivity contribution < 1.29 is 13.6 Å². The quantitative estimate of drug-likeness (QED) is 0.302. The number of hydrogen-bond acceptors (Lipinski definition) is 5. The van der Waals surface area contributed by atoms with Crippen LogP contribution in [0.2, 0.25) is 0 Å². The third-order valence-corrected chi connectivity index (χ3v) is 4.15. The molecule has 4 N–H and O–H groups in total. The smallest absolute Gasteiger partial charge is 0.175 e. The summed E-state index contributed by atoms with van der Waals surface area (Å²) in [7, 11) is -3.16. The van der Waals surface area contributed by atoms with Crippen molar-refractivity contribution in [3.8, 4) is 0 Å². The van der Waals surface area contributed by atoms with Gasteiger partial charge in [0.25, 0.3) is 0 Å². The first-order valence-corrected chi connectivity index (χ1v) is 8.24. The fourth-order valence-electron chi connectivity index (χ4n) is 1.77. The Balaban J connectivity index is 2.61. The van der Waals surface area contributed by atoms with Gasteiger partial charge in [-0.25, -0.2) is 8.42 Å². The Hall–Kier alpha value is -1.60. The van der Waals surface area contributed by atoms with Crippen LogP contribution in [0.25, 0.3) is 0 Å². The van der Waals surface area contributed by atoms with Crippen LogP contribution in [0.4, 0.5) is 0 Å². The molecule has 1 unspecified atom stereocenters. The molecule has 1 aromatic rings. The minimum Gasteiger partial charge on any atom is -0.409 e. The largest absolute Gasteiger partial charge is 0.409 e. The van der Waals surface area contributed by atoms with Crippen LogP contribution in [0.1, 0.15) is 25.3 Å². The summed E-state index contributed by atoms with van der Waals surface area (Å²) in [5, 5.41) is 14.8. The predicted octanol–water partition coefficient (Wildman–Crippen LogP) is 1.09. The van der Waals surface area contributed by atoms with Gasteiger partial charge in [-0.1, -0.05) is 24.2 Å². The van der Waals surface area contributed by atoms with Crippen LogP contribution in [-0.4, -0.2) is 31.8 Å². The third kappa shape index (κ3) is 5.18. The van der Waals surface area contributed by atoms with Crippen LogP contribution < -0.4 is 11.1 Å². The summed E-state index contributed by atoms with van der Waals surface area (Å²) in [6.45, 7) is 2.61. The number of benzene rings is 1. The van der Waals surface area contributed by atoms with E-state index < -0.39 is 9.84 Å². The summed E-state index contributed by atoms with van der Waals surface area (Å²) < 4.78 is 22.7. The van der Waals surface area contributed by atoms with Gasteiger partial charge in [0.15, 0.2) is 9.84 Å². The molecule has 1 aromatic carbocycles. The number of hydrogen-bond donors (Lipinski definition) is 3. The summed E-state index contributed by atoms with van der Waals surface area (Å²) in [5.74, 6) is 0.191. The third-order valence-electron chi connectivity index (χ3n) is 3.02. The SMILES string of the molecule is CCC(CC(N)=NO)NCc1ccc(S(C)(=O)=O)cc1. The number of sulfone groups is 1. The predicted molar refractivity (Wildman–Crippen MR) is 78.5 cm³/mol. The Bertz CT molecular complexity index is 553. The molecular weight excluding hydrogens is 278 g/mol. The first kappa shape index (κ1) is 16.5. The highest BCUT2D eigenvalue weighted by Crippen LogP contribution is 2.10. The molecule has 0 spiro atoms. The van der Waals surface area contributed by atoms with Gasteiger partial charge in [-0.05, 0) is 24.1 Å². The van der Waals surface area contributed by atoms with E-state index in [1.54, 1.807) is 24.3 Å². The van der Waals surface area contributed by atoms with Crippen molar-refractivity contribution in [3.63, 3.8) is 0 Å². The van der Waals surface area contributed by atoms with Gasteiger partial charge in [0.05, 0.1) is 4.90 Å². The Morgan fingerprint density at radius 2 is 2.00 bits per heavy atom. The molecule has 0 aliphatic heterocycles. The van der Waals surface area contributed by atoms with E-state index in [4.69, 9.17) is 10.9 Å². The van der Waals surface area contributed by atoms with Crippen molar-refractivity contribution in [1.82, 2.24) is 5.32 Å². The van der Waals surface area contributed by atoms with Crippen molar-refractivity contribution in [2.45, 2.75) is 37.2 Å². The van der Waals surface area contributed by atoms with Gasteiger partial charge < -0.3 is 16.3 Å². The molecule has 0 saturated heterocycles. The van der Waals surface area contributed by atoms with Gasteiger partial charge in [0.2, 0.25) is 0 Å². The number of nitrogens with zero attached hydrogens (tertiary/aromatic N) is 1. The fourth-order valence-corrected chi connectivity index (χ4v) is 2.40. The van der Waals surface area contributed by atoms with Crippen LogP contribution in [0.15, 0.2) is 34.3 Å². The van der Waals surface area contributed by atoms with E-state index in [1.165, 1.54) is 6.26 Å². The van der Waals surface area contributed by atoms with E-state index in [0.717, 1.165) is 12.0 Å². The number of oxime groups is 1. The van der Waals surface area contributed by atoms with Gasteiger partial charge in [-0.2, -0.15) is 0 Å². The lowest BCUT2D eigenvalue weighted by atomic mass is 10.1. The van der Waals surface area contributed by atoms with E-state index in [0.29, 0.717) is 17.9 Å². The highest BCUT2D eigenvalue weighted by Gasteiger charge is 2.09. The lowest BCUT2D eigenvalue weighted by Crippen LogP contribution is -2.32. The highest BCUT2D eigenvalue weighted by atomic mass is 32.2. The molecule has 0 bridgehead atoms. The summed E-state index contributed by atoms with van der Waals surface area (Å²) in [5.41, 5.74) is 6.46. The molecule has 0 fully saturated rings. The van der Waals surface area contributed by atoms with Crippen LogP contribution >= 0.6 is 0 Å². The molecular formula is C13H21N3O3S. The van der Waals surface area contributed by atoms with Crippen LogP contribution in [-0.2, 0) is 16.4 Å². The maximum atomic E-state index is 11.3. The standard InChI is InChI=1S/C13H21N3O3S/c1-3-11(8-13(14)16-17)15-9-10-4-6-12(7-5-10)20(2,18)19/h4-7,11,15,17H,3,8-9H2,1-2H3,(H2,14,16). The zero-order valence-corrected chi connectivity index (χ0v) is 12.5. The van der Waals surface area contributed by atoms with Gasteiger partial charge in [-0.3, -0.25) is 0 Å². The maximum Gasteiger partial charge on any atom is 0.175 e. The molecule has 0 heterocycles. The van der Waals surface area contributed by atoms with Crippen LogP contribution in [0, 0.1) is 0 Å². The first-order valence-electron chi connectivity index (χ1n) is 6.35. The number of rotatable bonds is 7. The molecule has 0 saturated carbocycles. The molecule has 0 radical (unpaired) electrons. The topological polar surface area (TPSA) is 105 Å². The zero-order chi connectivity index (χ0) is 15.2. The Morgan fingerprint density at radius 1 is 1.40 bits per heavy atom. The molecule has 112 valence electrons. The van der Waals surface area contributed by atoms with E-state index in [1.807, 2.05) is 6.92 Å². The van der Waals surface area contributed by atoms with Gasteiger partial charge in [0, 0.05) is 25.3 Å². The van der Waals surface area contributed by atoms with E-state index in [-0.39, 0.29) is 11.9 Å². The number of amidine groups is 1. The normalized spacial score (nSPS) is 14.2. The Kier molecular flexibility index (Phi) is 5.97. The average molecular weight is 299 g/mol. The Labute approximate surface area is 119 Å². The lowest BCUT2D eigenvalue weighted by Gasteiger charge is -2.16. The number of nitrogens with one attached hydrogen (secondary N) is 1. The summed E-state index contributed by atoms with van der Waals surface area (Å²) in [6.07, 6.45) is 2.50. The van der Waals surface area contributed by atoms with Crippen LogP contribution in [0.3, 0.4) is 0 Å². The minimum absolute atomic E-state index is 0.112. The van der Waals surface area contributed by atoms with Crippen molar-refractivity contribution in [2.24, 2.45) is 10.9 Å². The molecule has 7 heteroatoms. The molecule has 0 aliphatic rings. The number of nitrogens with two attached hydrogens (primary N) is 1. The summed E-state index contributed by atoms with van der Waals surface area (Å²) >= 11 is 0. The maximum absolute atomic E-state index is 11.3. The van der Waals surface area contributed by atoms with Crippen molar-refractivity contribution in [2.75, 3.05) is 6.26 Å². The van der Waals surface area contributed by atoms with Gasteiger partial charge >= 0.3 is 0 Å². The Morgan fingerprint density at radius 3 is 2.45 bits per heavy atom. The molecule has 6 nitrogen and oxygen atoms in total. The molecule has 0 amide bonds. The first-order chi connectivity index (χ1) is 9.36. The molecule has 20 heavy (non-hydrogen) atoms. The van der Waals surface area contributed by atoms with Gasteiger partial charge in [-0.15, -0.1) is 0 Å². The molecule has 0 aliphatic carbocycles. The van der Waals surface area contributed by atoms with E-state index in [9.17, 15) is 8.42 Å².